The van der Waals surface area contributed by atoms with Crippen LogP contribution in [0.4, 0.5) is 0 Å². The molecule has 0 amide bonds. The van der Waals surface area contributed by atoms with E-state index in [2.05, 4.69) is 67.1 Å². The second-order valence-corrected chi connectivity index (χ2v) is 7.97. The van der Waals surface area contributed by atoms with Crippen molar-refractivity contribution in [2.24, 2.45) is 0 Å². The quantitative estimate of drug-likeness (QED) is 0.612. The molecule has 3 aromatic rings. The molecule has 4 rings (SSSR count). The molecule has 1 aromatic carbocycles. The normalized spacial score (nSPS) is 16.2. The molecule has 1 fully saturated rings. The van der Waals surface area contributed by atoms with Gasteiger partial charge < -0.3 is 0 Å². The molecule has 1 aliphatic rings. The Labute approximate surface area is 173 Å². The van der Waals surface area contributed by atoms with Crippen LogP contribution >= 0.6 is 15.9 Å². The summed E-state index contributed by atoms with van der Waals surface area (Å²) >= 11 is 3.40. The fraction of sp³-hybridized carbons (Fsp3) is 0.273. The first-order valence-electron chi connectivity index (χ1n) is 9.51. The zero-order valence-electron chi connectivity index (χ0n) is 15.7. The van der Waals surface area contributed by atoms with E-state index in [4.69, 9.17) is 0 Å². The Morgan fingerprint density at radius 2 is 1.75 bits per heavy atom. The van der Waals surface area contributed by atoms with E-state index < -0.39 is 0 Å². The number of hydrogen-bond donors (Lipinski definition) is 0. The van der Waals surface area contributed by atoms with Gasteiger partial charge in [0.2, 0.25) is 0 Å². The van der Waals surface area contributed by atoms with Crippen LogP contribution in [0.3, 0.4) is 0 Å². The van der Waals surface area contributed by atoms with Gasteiger partial charge in [0.15, 0.2) is 0 Å². The van der Waals surface area contributed by atoms with E-state index in [9.17, 15) is 4.79 Å². The molecule has 6 heteroatoms. The van der Waals surface area contributed by atoms with Crippen LogP contribution in [0.25, 0.3) is 11.7 Å². The Balaban J connectivity index is 1.32. The molecule has 3 heterocycles. The molecule has 0 aliphatic carbocycles. The minimum atomic E-state index is -0.0361. The molecule has 0 saturated carbocycles. The lowest BCUT2D eigenvalue weighted by Gasteiger charge is -2.33. The van der Waals surface area contributed by atoms with Crippen LogP contribution in [0.1, 0.15) is 11.3 Å². The highest BCUT2D eigenvalue weighted by molar-refractivity contribution is 9.10. The summed E-state index contributed by atoms with van der Waals surface area (Å²) in [5.74, 6) is 0. The molecule has 0 atom stereocenters. The van der Waals surface area contributed by atoms with Crippen molar-refractivity contribution in [3.8, 4) is 0 Å². The number of aromatic nitrogens is 2. The van der Waals surface area contributed by atoms with Crippen molar-refractivity contribution in [2.45, 2.75) is 6.54 Å². The Kier molecular flexibility index (Phi) is 6.00. The number of hydrogen-bond acceptors (Lipinski definition) is 4. The van der Waals surface area contributed by atoms with Crippen molar-refractivity contribution in [3.63, 3.8) is 0 Å². The summed E-state index contributed by atoms with van der Waals surface area (Å²) in [4.78, 5) is 21.8. The maximum atomic E-state index is 12.3. The number of benzene rings is 1. The zero-order chi connectivity index (χ0) is 19.3. The molecule has 28 heavy (non-hydrogen) atoms. The number of halogens is 1. The van der Waals surface area contributed by atoms with Crippen LogP contribution in [0.5, 0.6) is 0 Å². The van der Waals surface area contributed by atoms with Crippen molar-refractivity contribution >= 4 is 27.7 Å². The molecule has 0 radical (unpaired) electrons. The van der Waals surface area contributed by atoms with Crippen LogP contribution in [0, 0.1) is 0 Å². The van der Waals surface area contributed by atoms with Crippen LogP contribution in [-0.2, 0) is 6.54 Å². The predicted octanol–water partition coefficient (Wildman–Crippen LogP) is 3.29. The van der Waals surface area contributed by atoms with Gasteiger partial charge in [-0.15, -0.1) is 0 Å². The van der Waals surface area contributed by atoms with Gasteiger partial charge in [-0.3, -0.25) is 19.0 Å². The number of rotatable bonds is 5. The molecule has 0 bridgehead atoms. The molecule has 1 saturated heterocycles. The lowest BCUT2D eigenvalue weighted by Crippen LogP contribution is -2.46. The van der Waals surface area contributed by atoms with Crippen LogP contribution in [-0.4, -0.2) is 51.9 Å². The summed E-state index contributed by atoms with van der Waals surface area (Å²) < 4.78 is 2.44. The molecule has 0 unspecified atom stereocenters. The average Bonchev–Trinajstić information content (AvgIpc) is 2.71. The molecule has 2 aromatic heterocycles. The summed E-state index contributed by atoms with van der Waals surface area (Å²) in [5, 5.41) is 0. The van der Waals surface area contributed by atoms with Crippen LogP contribution in [0.2, 0.25) is 0 Å². The summed E-state index contributed by atoms with van der Waals surface area (Å²) in [5.41, 5.74) is 2.73. The first-order chi connectivity index (χ1) is 13.7. The Hall–Kier alpha value is -2.28. The maximum absolute atomic E-state index is 12.3. The van der Waals surface area contributed by atoms with E-state index in [1.54, 1.807) is 16.7 Å². The molecular weight excluding hydrogens is 416 g/mol. The van der Waals surface area contributed by atoms with Gasteiger partial charge in [-0.1, -0.05) is 42.5 Å². The SMILES string of the molecule is O=c1cc(CN2CCN(C/C=C/c3ccccc3)CC2)nc2ccc(Br)cn12. The highest BCUT2D eigenvalue weighted by Crippen LogP contribution is 2.11. The highest BCUT2D eigenvalue weighted by Gasteiger charge is 2.17. The third-order valence-electron chi connectivity index (χ3n) is 5.00. The van der Waals surface area contributed by atoms with Gasteiger partial charge in [0, 0.05) is 56.0 Å². The summed E-state index contributed by atoms with van der Waals surface area (Å²) in [7, 11) is 0. The van der Waals surface area contributed by atoms with Crippen LogP contribution < -0.4 is 5.56 Å². The minimum absolute atomic E-state index is 0.0361. The Morgan fingerprint density at radius 3 is 2.54 bits per heavy atom. The fourth-order valence-corrected chi connectivity index (χ4v) is 3.81. The second kappa shape index (κ2) is 8.82. The lowest BCUT2D eigenvalue weighted by atomic mass is 10.2. The van der Waals surface area contributed by atoms with Gasteiger partial charge in [-0.05, 0) is 33.6 Å². The first kappa shape index (κ1) is 19.1. The predicted molar refractivity (Wildman–Crippen MR) is 116 cm³/mol. The third kappa shape index (κ3) is 4.76. The largest absolute Gasteiger partial charge is 0.297 e. The van der Waals surface area contributed by atoms with Crippen molar-refractivity contribution in [3.05, 3.63) is 86.9 Å². The van der Waals surface area contributed by atoms with Crippen molar-refractivity contribution in [1.29, 1.82) is 0 Å². The van der Waals surface area contributed by atoms with Gasteiger partial charge in [-0.2, -0.15) is 0 Å². The molecule has 0 N–H and O–H groups in total. The zero-order valence-corrected chi connectivity index (χ0v) is 17.3. The lowest BCUT2D eigenvalue weighted by molar-refractivity contribution is 0.136. The number of pyridine rings is 1. The molecule has 0 spiro atoms. The summed E-state index contributed by atoms with van der Waals surface area (Å²) in [6.07, 6.45) is 6.17. The molecular formula is C22H23BrN4O. The van der Waals surface area contributed by atoms with E-state index in [1.807, 2.05) is 18.2 Å². The van der Waals surface area contributed by atoms with Crippen molar-refractivity contribution in [1.82, 2.24) is 19.2 Å². The summed E-state index contributed by atoms with van der Waals surface area (Å²) in [6.45, 7) is 5.71. The van der Waals surface area contributed by atoms with Gasteiger partial charge in [-0.25, -0.2) is 4.98 Å². The van der Waals surface area contributed by atoms with Gasteiger partial charge in [0.05, 0.1) is 5.69 Å². The fourth-order valence-electron chi connectivity index (χ4n) is 3.47. The first-order valence-corrected chi connectivity index (χ1v) is 10.3. The summed E-state index contributed by atoms with van der Waals surface area (Å²) in [6, 6.07) is 15.8. The third-order valence-corrected chi connectivity index (χ3v) is 5.47. The monoisotopic (exact) mass is 438 g/mol. The van der Waals surface area contributed by atoms with E-state index in [0.29, 0.717) is 5.65 Å². The molecule has 1 aliphatic heterocycles. The van der Waals surface area contributed by atoms with Crippen LogP contribution in [0.15, 0.2) is 70.1 Å². The molecule has 144 valence electrons. The smallest absolute Gasteiger partial charge is 0.258 e. The Bertz CT molecular complexity index is 1020. The second-order valence-electron chi connectivity index (χ2n) is 7.05. The molecule has 5 nitrogen and oxygen atoms in total. The minimum Gasteiger partial charge on any atom is -0.297 e. The van der Waals surface area contributed by atoms with Gasteiger partial charge in [0.25, 0.3) is 5.56 Å². The maximum Gasteiger partial charge on any atom is 0.258 e. The van der Waals surface area contributed by atoms with Crippen molar-refractivity contribution < 1.29 is 0 Å². The number of fused-ring (bicyclic) bond motifs is 1. The van der Waals surface area contributed by atoms with Crippen molar-refractivity contribution in [2.75, 3.05) is 32.7 Å². The Morgan fingerprint density at radius 1 is 1.00 bits per heavy atom. The van der Waals surface area contributed by atoms with E-state index >= 15 is 0 Å². The highest BCUT2D eigenvalue weighted by atomic mass is 79.9. The number of nitrogens with zero attached hydrogens (tertiary/aromatic N) is 4. The average molecular weight is 439 g/mol. The van der Waals surface area contributed by atoms with Gasteiger partial charge in [0.1, 0.15) is 5.65 Å². The van der Waals surface area contributed by atoms with E-state index in [1.165, 1.54) is 5.56 Å². The van der Waals surface area contributed by atoms with E-state index in [-0.39, 0.29) is 5.56 Å². The van der Waals surface area contributed by atoms with E-state index in [0.717, 1.165) is 49.4 Å². The van der Waals surface area contributed by atoms with Gasteiger partial charge >= 0.3 is 0 Å². The standard InChI is InChI=1S/C22H23BrN4O/c23-19-8-9-21-24-20(15-22(28)27(21)16-19)17-26-13-11-25(12-14-26)10-4-7-18-5-2-1-3-6-18/h1-9,15-16H,10-14,17H2/b7-4+. The topological polar surface area (TPSA) is 40.9 Å². The number of piperazine rings is 1.